The van der Waals surface area contributed by atoms with E-state index in [4.69, 9.17) is 0 Å². The molecular formula is C17H28N4O2. The zero-order chi connectivity index (χ0) is 16.5. The van der Waals surface area contributed by atoms with Crippen molar-refractivity contribution in [2.24, 2.45) is 0 Å². The van der Waals surface area contributed by atoms with Crippen molar-refractivity contribution in [2.45, 2.75) is 82.2 Å². The molecule has 3 N–H and O–H groups in total. The molecule has 0 aromatic rings. The SMILES string of the molecule is N#CC1(NC(=O)CCCNC(=O)NC2CCCCC2)CCCC1. The second-order valence-corrected chi connectivity index (χ2v) is 6.79. The highest BCUT2D eigenvalue weighted by Crippen LogP contribution is 2.28. The van der Waals surface area contributed by atoms with Crippen LogP contribution in [-0.2, 0) is 4.79 Å². The summed E-state index contributed by atoms with van der Waals surface area (Å²) in [6, 6.07) is 2.41. The van der Waals surface area contributed by atoms with E-state index < -0.39 is 5.54 Å². The lowest BCUT2D eigenvalue weighted by Gasteiger charge is -2.23. The normalized spacial score (nSPS) is 20.5. The number of carbonyl (C=O) groups excluding carboxylic acids is 2. The summed E-state index contributed by atoms with van der Waals surface area (Å²) in [5.41, 5.74) is -0.650. The Balaban J connectivity index is 1.56. The fraction of sp³-hybridized carbons (Fsp3) is 0.824. The van der Waals surface area contributed by atoms with Crippen molar-refractivity contribution in [3.63, 3.8) is 0 Å². The van der Waals surface area contributed by atoms with Crippen LogP contribution in [0.1, 0.15) is 70.6 Å². The zero-order valence-electron chi connectivity index (χ0n) is 13.8. The second kappa shape index (κ2) is 8.76. The van der Waals surface area contributed by atoms with E-state index in [0.717, 1.165) is 38.5 Å². The molecule has 6 heteroatoms. The molecule has 128 valence electrons. The van der Waals surface area contributed by atoms with Crippen LogP contribution in [0.25, 0.3) is 0 Å². The van der Waals surface area contributed by atoms with Gasteiger partial charge in [0.2, 0.25) is 5.91 Å². The highest BCUT2D eigenvalue weighted by Gasteiger charge is 2.35. The molecule has 0 aliphatic heterocycles. The number of nitrogens with one attached hydrogen (secondary N) is 3. The van der Waals surface area contributed by atoms with Crippen molar-refractivity contribution in [1.82, 2.24) is 16.0 Å². The molecule has 0 unspecified atom stereocenters. The van der Waals surface area contributed by atoms with Crippen molar-refractivity contribution >= 4 is 11.9 Å². The molecule has 0 aromatic heterocycles. The summed E-state index contributed by atoms with van der Waals surface area (Å²) in [6.07, 6.45) is 10.2. The lowest BCUT2D eigenvalue weighted by molar-refractivity contribution is -0.122. The predicted octanol–water partition coefficient (Wildman–Crippen LogP) is 2.35. The van der Waals surface area contributed by atoms with E-state index in [1.807, 2.05) is 0 Å². The van der Waals surface area contributed by atoms with Crippen LogP contribution in [-0.4, -0.2) is 30.1 Å². The zero-order valence-corrected chi connectivity index (χ0v) is 13.8. The van der Waals surface area contributed by atoms with Gasteiger partial charge in [-0.05, 0) is 44.9 Å². The van der Waals surface area contributed by atoms with Crippen LogP contribution >= 0.6 is 0 Å². The van der Waals surface area contributed by atoms with Crippen LogP contribution in [0.3, 0.4) is 0 Å². The second-order valence-electron chi connectivity index (χ2n) is 6.79. The molecule has 0 bridgehead atoms. The maximum Gasteiger partial charge on any atom is 0.315 e. The molecule has 0 atom stereocenters. The number of carbonyl (C=O) groups is 2. The molecule has 2 fully saturated rings. The number of nitriles is 1. The van der Waals surface area contributed by atoms with Crippen LogP contribution < -0.4 is 16.0 Å². The molecule has 0 heterocycles. The Morgan fingerprint density at radius 3 is 2.43 bits per heavy atom. The summed E-state index contributed by atoms with van der Waals surface area (Å²) in [4.78, 5) is 23.7. The van der Waals surface area contributed by atoms with Gasteiger partial charge in [-0.25, -0.2) is 4.79 Å². The van der Waals surface area contributed by atoms with Gasteiger partial charge in [-0.15, -0.1) is 0 Å². The van der Waals surface area contributed by atoms with Crippen LogP contribution in [0.4, 0.5) is 4.79 Å². The van der Waals surface area contributed by atoms with E-state index in [0.29, 0.717) is 25.4 Å². The van der Waals surface area contributed by atoms with Crippen LogP contribution in [0.5, 0.6) is 0 Å². The van der Waals surface area contributed by atoms with E-state index in [-0.39, 0.29) is 11.9 Å². The molecule has 2 aliphatic rings. The number of hydrogen-bond donors (Lipinski definition) is 3. The van der Waals surface area contributed by atoms with E-state index in [2.05, 4.69) is 22.0 Å². The molecule has 0 saturated heterocycles. The first-order valence-electron chi connectivity index (χ1n) is 8.90. The summed E-state index contributed by atoms with van der Waals surface area (Å²) in [6.45, 7) is 0.478. The largest absolute Gasteiger partial charge is 0.338 e. The van der Waals surface area contributed by atoms with Crippen LogP contribution in [0.2, 0.25) is 0 Å². The maximum atomic E-state index is 11.9. The van der Waals surface area contributed by atoms with Crippen LogP contribution in [0.15, 0.2) is 0 Å². The Hall–Kier alpha value is -1.77. The van der Waals surface area contributed by atoms with Gasteiger partial charge in [0.25, 0.3) is 0 Å². The lowest BCUT2D eigenvalue weighted by Crippen LogP contribution is -2.45. The van der Waals surface area contributed by atoms with Gasteiger partial charge in [0, 0.05) is 19.0 Å². The summed E-state index contributed by atoms with van der Waals surface area (Å²) >= 11 is 0. The molecule has 0 radical (unpaired) electrons. The first kappa shape index (κ1) is 17.6. The minimum absolute atomic E-state index is 0.0945. The molecule has 3 amide bonds. The van der Waals surface area contributed by atoms with Gasteiger partial charge in [-0.1, -0.05) is 19.3 Å². The summed E-state index contributed by atoms with van der Waals surface area (Å²) in [5, 5.41) is 17.9. The smallest absolute Gasteiger partial charge is 0.315 e. The van der Waals surface area contributed by atoms with Crippen molar-refractivity contribution in [1.29, 1.82) is 5.26 Å². The molecule has 0 aromatic carbocycles. The third kappa shape index (κ3) is 5.74. The van der Waals surface area contributed by atoms with Crippen molar-refractivity contribution in [3.05, 3.63) is 0 Å². The predicted molar refractivity (Wildman–Crippen MR) is 87.6 cm³/mol. The topological polar surface area (TPSA) is 94.0 Å². The molecule has 6 nitrogen and oxygen atoms in total. The Morgan fingerprint density at radius 1 is 1.09 bits per heavy atom. The lowest BCUT2D eigenvalue weighted by atomic mass is 9.96. The molecule has 23 heavy (non-hydrogen) atoms. The van der Waals surface area contributed by atoms with Gasteiger partial charge in [0.15, 0.2) is 0 Å². The molecule has 2 saturated carbocycles. The third-order valence-corrected chi connectivity index (χ3v) is 4.86. The first-order chi connectivity index (χ1) is 11.1. The average molecular weight is 320 g/mol. The third-order valence-electron chi connectivity index (χ3n) is 4.86. The van der Waals surface area contributed by atoms with Gasteiger partial charge < -0.3 is 16.0 Å². The maximum absolute atomic E-state index is 11.9. The molecule has 2 aliphatic carbocycles. The fourth-order valence-electron chi connectivity index (χ4n) is 3.51. The van der Waals surface area contributed by atoms with Crippen molar-refractivity contribution in [3.8, 4) is 6.07 Å². The Labute approximate surface area is 138 Å². The average Bonchev–Trinajstić information content (AvgIpc) is 3.01. The van der Waals surface area contributed by atoms with E-state index in [1.54, 1.807) is 0 Å². The number of nitrogens with zero attached hydrogens (tertiary/aromatic N) is 1. The molecule has 2 rings (SSSR count). The van der Waals surface area contributed by atoms with Gasteiger partial charge in [0.1, 0.15) is 5.54 Å². The minimum Gasteiger partial charge on any atom is -0.338 e. The standard InChI is InChI=1S/C17H28N4O2/c18-13-17(10-4-5-11-17)21-15(22)9-6-12-19-16(23)20-14-7-2-1-3-8-14/h14H,1-12H2,(H,21,22)(H2,19,20,23). The molecular weight excluding hydrogens is 292 g/mol. The Bertz CT molecular complexity index is 446. The minimum atomic E-state index is -0.650. The van der Waals surface area contributed by atoms with Crippen molar-refractivity contribution < 1.29 is 9.59 Å². The Kier molecular flexibility index (Phi) is 6.69. The fourth-order valence-corrected chi connectivity index (χ4v) is 3.51. The number of hydrogen-bond acceptors (Lipinski definition) is 3. The van der Waals surface area contributed by atoms with Crippen molar-refractivity contribution in [2.75, 3.05) is 6.54 Å². The van der Waals surface area contributed by atoms with E-state index >= 15 is 0 Å². The highest BCUT2D eigenvalue weighted by atomic mass is 16.2. The van der Waals surface area contributed by atoms with Gasteiger partial charge in [-0.2, -0.15) is 5.26 Å². The van der Waals surface area contributed by atoms with Gasteiger partial charge >= 0.3 is 6.03 Å². The Morgan fingerprint density at radius 2 is 1.78 bits per heavy atom. The van der Waals surface area contributed by atoms with E-state index in [9.17, 15) is 14.9 Å². The summed E-state index contributed by atoms with van der Waals surface area (Å²) < 4.78 is 0. The van der Waals surface area contributed by atoms with Gasteiger partial charge in [0.05, 0.1) is 6.07 Å². The molecule has 0 spiro atoms. The number of amides is 3. The number of rotatable bonds is 6. The van der Waals surface area contributed by atoms with Crippen LogP contribution in [0, 0.1) is 11.3 Å². The van der Waals surface area contributed by atoms with Gasteiger partial charge in [-0.3, -0.25) is 4.79 Å². The number of urea groups is 1. The quantitative estimate of drug-likeness (QED) is 0.656. The first-order valence-corrected chi connectivity index (χ1v) is 8.90. The summed E-state index contributed by atoms with van der Waals surface area (Å²) in [7, 11) is 0. The summed E-state index contributed by atoms with van der Waals surface area (Å²) in [5.74, 6) is -0.0945. The van der Waals surface area contributed by atoms with E-state index in [1.165, 1.54) is 19.3 Å². The highest BCUT2D eigenvalue weighted by molar-refractivity contribution is 5.77. The monoisotopic (exact) mass is 320 g/mol.